The second-order valence-corrected chi connectivity index (χ2v) is 11.0. The summed E-state index contributed by atoms with van der Waals surface area (Å²) in [7, 11) is 2.04. The molecule has 0 spiro atoms. The van der Waals surface area contributed by atoms with Crippen LogP contribution in [0.3, 0.4) is 0 Å². The van der Waals surface area contributed by atoms with Gasteiger partial charge in [0.25, 0.3) is 0 Å². The zero-order valence-corrected chi connectivity index (χ0v) is 24.1. The van der Waals surface area contributed by atoms with Crippen molar-refractivity contribution in [3.05, 3.63) is 84.4 Å². The first-order valence-corrected chi connectivity index (χ1v) is 14.1. The Morgan fingerprint density at radius 1 is 1.12 bits per heavy atom. The number of aliphatic hydroxyl groups excluding tert-OH is 1. The smallest absolute Gasteiger partial charge is 0.323 e. The number of hydrogen-bond acceptors (Lipinski definition) is 7. The third-order valence-electron chi connectivity index (χ3n) is 7.58. The van der Waals surface area contributed by atoms with Gasteiger partial charge in [-0.05, 0) is 74.1 Å². The summed E-state index contributed by atoms with van der Waals surface area (Å²) in [5, 5.41) is 16.5. The van der Waals surface area contributed by atoms with Crippen LogP contribution in [0.2, 0.25) is 0 Å². The van der Waals surface area contributed by atoms with Gasteiger partial charge >= 0.3 is 6.03 Å². The molecule has 1 aliphatic heterocycles. The fourth-order valence-electron chi connectivity index (χ4n) is 5.23. The van der Waals surface area contributed by atoms with Crippen molar-refractivity contribution >= 4 is 34.3 Å². The minimum atomic E-state index is -0.409. The summed E-state index contributed by atoms with van der Waals surface area (Å²) >= 11 is 0. The zero-order chi connectivity index (χ0) is 29.6. The molecule has 0 radical (unpaired) electrons. The summed E-state index contributed by atoms with van der Waals surface area (Å²) in [4.78, 5) is 34.3. The summed E-state index contributed by atoms with van der Waals surface area (Å²) < 4.78 is 12.0. The summed E-state index contributed by atoms with van der Waals surface area (Å²) in [6, 6.07) is 15.8. The molecular weight excluding hydrogens is 534 g/mol. The molecule has 0 saturated carbocycles. The molecule has 3 atom stereocenters. The first-order valence-electron chi connectivity index (χ1n) is 14.1. The number of aliphatic hydroxyl groups is 1. The van der Waals surface area contributed by atoms with Gasteiger partial charge in [0.1, 0.15) is 17.4 Å². The molecule has 4 aromatic rings. The number of pyridine rings is 1. The quantitative estimate of drug-likeness (QED) is 0.279. The van der Waals surface area contributed by atoms with E-state index in [1.807, 2.05) is 44.3 Å². The lowest BCUT2D eigenvalue weighted by atomic mass is 10.0. The van der Waals surface area contributed by atoms with Gasteiger partial charge < -0.3 is 29.8 Å². The number of furan rings is 1. The number of likely N-dealkylation sites (N-methyl/N-ethyl adjacent to an activating group) is 1. The zero-order valence-electron chi connectivity index (χ0n) is 24.1. The third kappa shape index (κ3) is 7.07. The predicted molar refractivity (Wildman–Crippen MR) is 161 cm³/mol. The van der Waals surface area contributed by atoms with E-state index >= 15 is 0 Å². The minimum absolute atomic E-state index is 0.00932. The van der Waals surface area contributed by atoms with Crippen LogP contribution in [0.25, 0.3) is 11.0 Å². The summed E-state index contributed by atoms with van der Waals surface area (Å²) in [6.07, 6.45) is 5.02. The van der Waals surface area contributed by atoms with Gasteiger partial charge in [-0.25, -0.2) is 4.79 Å². The van der Waals surface area contributed by atoms with E-state index in [0.29, 0.717) is 35.8 Å². The number of anilines is 2. The van der Waals surface area contributed by atoms with Crippen LogP contribution in [0.5, 0.6) is 5.75 Å². The van der Waals surface area contributed by atoms with Crippen molar-refractivity contribution in [2.75, 3.05) is 37.4 Å². The van der Waals surface area contributed by atoms with E-state index in [-0.39, 0.29) is 37.0 Å². The molecular formula is C32H37N5O5. The normalized spacial score (nSPS) is 18.0. The van der Waals surface area contributed by atoms with E-state index in [9.17, 15) is 14.7 Å². The SMILES string of the molecule is C[C@@H]1CN([C@@H](C)CO)C(=O)Cc2cc(NC(=O)Nc3ccc4occc4c3)ccc2O[C@H]1CN(C)Cc1ccncc1. The largest absolute Gasteiger partial charge is 0.488 e. The molecule has 10 nitrogen and oxygen atoms in total. The van der Waals surface area contributed by atoms with E-state index in [0.717, 1.165) is 23.1 Å². The second-order valence-electron chi connectivity index (χ2n) is 11.0. The molecule has 1 aliphatic rings. The average Bonchev–Trinajstić information content (AvgIpc) is 3.45. The van der Waals surface area contributed by atoms with E-state index in [1.165, 1.54) is 0 Å². The van der Waals surface area contributed by atoms with Gasteiger partial charge in [0.2, 0.25) is 5.91 Å². The van der Waals surface area contributed by atoms with Crippen LogP contribution >= 0.6 is 0 Å². The maximum Gasteiger partial charge on any atom is 0.323 e. The first kappa shape index (κ1) is 29.1. The Morgan fingerprint density at radius 2 is 1.86 bits per heavy atom. The number of aromatic nitrogens is 1. The molecule has 0 unspecified atom stereocenters. The molecule has 10 heteroatoms. The van der Waals surface area contributed by atoms with Crippen molar-refractivity contribution in [3.8, 4) is 5.75 Å². The Kier molecular flexibility index (Phi) is 9.04. The maximum absolute atomic E-state index is 13.5. The number of hydrogen-bond donors (Lipinski definition) is 3. The van der Waals surface area contributed by atoms with Gasteiger partial charge in [-0.3, -0.25) is 14.7 Å². The van der Waals surface area contributed by atoms with Crippen molar-refractivity contribution in [2.45, 2.75) is 39.0 Å². The van der Waals surface area contributed by atoms with Crippen molar-refractivity contribution in [2.24, 2.45) is 5.92 Å². The molecule has 2 aromatic heterocycles. The molecule has 0 bridgehead atoms. The number of nitrogens with zero attached hydrogens (tertiary/aromatic N) is 3. The number of benzene rings is 2. The fraction of sp³-hybridized carbons (Fsp3) is 0.344. The number of fused-ring (bicyclic) bond motifs is 2. The van der Waals surface area contributed by atoms with E-state index in [4.69, 9.17) is 9.15 Å². The van der Waals surface area contributed by atoms with Gasteiger partial charge in [0.15, 0.2) is 0 Å². The number of carbonyl (C=O) groups excluding carboxylic acids is 2. The molecule has 0 fully saturated rings. The van der Waals surface area contributed by atoms with Gasteiger partial charge in [0.05, 0.1) is 25.3 Å². The summed E-state index contributed by atoms with van der Waals surface area (Å²) in [5.74, 6) is 0.492. The van der Waals surface area contributed by atoms with Crippen LogP contribution in [0.15, 0.2) is 77.7 Å². The number of ether oxygens (including phenoxy) is 1. The summed E-state index contributed by atoms with van der Waals surface area (Å²) in [5.41, 5.74) is 3.72. The van der Waals surface area contributed by atoms with Gasteiger partial charge in [-0.1, -0.05) is 6.92 Å². The number of rotatable bonds is 8. The number of nitrogens with one attached hydrogen (secondary N) is 2. The Labute approximate surface area is 245 Å². The molecule has 3 heterocycles. The van der Waals surface area contributed by atoms with Crippen molar-refractivity contribution in [1.29, 1.82) is 0 Å². The highest BCUT2D eigenvalue weighted by atomic mass is 16.5. The van der Waals surface area contributed by atoms with Crippen LogP contribution in [0.4, 0.5) is 16.2 Å². The number of urea groups is 1. The van der Waals surface area contributed by atoms with Crippen LogP contribution < -0.4 is 15.4 Å². The summed E-state index contributed by atoms with van der Waals surface area (Å²) in [6.45, 7) is 5.59. The molecule has 2 aromatic carbocycles. The minimum Gasteiger partial charge on any atom is -0.488 e. The Morgan fingerprint density at radius 3 is 2.62 bits per heavy atom. The van der Waals surface area contributed by atoms with Gasteiger partial charge in [0, 0.05) is 60.3 Å². The number of carbonyl (C=O) groups is 2. The monoisotopic (exact) mass is 571 g/mol. The maximum atomic E-state index is 13.5. The van der Waals surface area contributed by atoms with Crippen molar-refractivity contribution < 1.29 is 23.8 Å². The van der Waals surface area contributed by atoms with Crippen LogP contribution in [-0.4, -0.2) is 70.7 Å². The molecule has 5 rings (SSSR count). The molecule has 3 N–H and O–H groups in total. The lowest BCUT2D eigenvalue weighted by Gasteiger charge is -2.34. The first-order chi connectivity index (χ1) is 20.3. The average molecular weight is 572 g/mol. The number of amides is 3. The third-order valence-corrected chi connectivity index (χ3v) is 7.58. The molecule has 42 heavy (non-hydrogen) atoms. The standard InChI is InChI=1S/C32H37N5O5/c1-21-17-37(22(2)20-38)31(39)16-25-15-27(35-32(40)34-26-4-6-28-24(14-26)10-13-41-28)5-7-29(25)42-30(21)19-36(3)18-23-8-11-33-12-9-23/h4-15,21-22,30,38H,16-20H2,1-3H3,(H2,34,35,40)/t21-,22+,30+/m1/s1. The van der Waals surface area contributed by atoms with Gasteiger partial charge in [-0.2, -0.15) is 0 Å². The van der Waals surface area contributed by atoms with E-state index in [1.54, 1.807) is 47.8 Å². The van der Waals surface area contributed by atoms with E-state index < -0.39 is 6.03 Å². The van der Waals surface area contributed by atoms with Gasteiger partial charge in [-0.15, -0.1) is 0 Å². The molecule has 0 saturated heterocycles. The lowest BCUT2D eigenvalue weighted by Crippen LogP contribution is -2.47. The molecule has 3 amide bonds. The Bertz CT molecular complexity index is 1520. The van der Waals surface area contributed by atoms with Crippen LogP contribution in [0.1, 0.15) is 25.0 Å². The topological polar surface area (TPSA) is 120 Å². The van der Waals surface area contributed by atoms with Crippen LogP contribution in [0, 0.1) is 5.92 Å². The highest BCUT2D eigenvalue weighted by Crippen LogP contribution is 2.29. The van der Waals surface area contributed by atoms with Crippen molar-refractivity contribution in [3.63, 3.8) is 0 Å². The lowest BCUT2D eigenvalue weighted by molar-refractivity contribution is -0.134. The Hall–Kier alpha value is -4.41. The second kappa shape index (κ2) is 13.1. The highest BCUT2D eigenvalue weighted by Gasteiger charge is 2.31. The highest BCUT2D eigenvalue weighted by molar-refractivity contribution is 6.01. The van der Waals surface area contributed by atoms with E-state index in [2.05, 4.69) is 27.4 Å². The van der Waals surface area contributed by atoms with Crippen molar-refractivity contribution in [1.82, 2.24) is 14.8 Å². The Balaban J connectivity index is 1.35. The van der Waals surface area contributed by atoms with Crippen LogP contribution in [-0.2, 0) is 17.8 Å². The fourth-order valence-corrected chi connectivity index (χ4v) is 5.23. The molecule has 0 aliphatic carbocycles. The predicted octanol–water partition coefficient (Wildman–Crippen LogP) is 4.75. The molecule has 220 valence electrons.